The molecule has 1 aromatic carbocycles. The number of hydrogen-bond donors (Lipinski definition) is 0. The van der Waals surface area contributed by atoms with Gasteiger partial charge in [0.15, 0.2) is 0 Å². The van der Waals surface area contributed by atoms with Crippen molar-refractivity contribution < 1.29 is 9.13 Å². The summed E-state index contributed by atoms with van der Waals surface area (Å²) in [5, 5.41) is 0. The van der Waals surface area contributed by atoms with Gasteiger partial charge < -0.3 is 9.30 Å². The van der Waals surface area contributed by atoms with Crippen molar-refractivity contribution in [3.05, 3.63) is 51.2 Å². The van der Waals surface area contributed by atoms with Crippen molar-refractivity contribution in [3.63, 3.8) is 0 Å². The molecule has 3 rings (SSSR count). The highest BCUT2D eigenvalue weighted by Gasteiger charge is 2.25. The maximum absolute atomic E-state index is 13.4. The molecule has 0 unspecified atom stereocenters. The van der Waals surface area contributed by atoms with Crippen molar-refractivity contribution in [3.8, 4) is 11.6 Å². The molecule has 6 heteroatoms. The molecule has 0 amide bonds. The van der Waals surface area contributed by atoms with Gasteiger partial charge in [0.05, 0.1) is 4.47 Å². The van der Waals surface area contributed by atoms with E-state index in [1.807, 2.05) is 0 Å². The summed E-state index contributed by atoms with van der Waals surface area (Å²) in [6, 6.07) is 4.55. The minimum atomic E-state index is -0.448. The zero-order chi connectivity index (χ0) is 13.4. The summed E-state index contributed by atoms with van der Waals surface area (Å²) in [6.45, 7) is 0. The standard InChI is InChI=1S/C13H10BrFN2O2/c14-10-4-3-9(7-11(10)15)19-12-13(18)17(6-5-16-12)8-1-2-8/h3-8H,1-2H2. The van der Waals surface area contributed by atoms with Gasteiger partial charge in [0, 0.05) is 24.5 Å². The fraction of sp³-hybridized carbons (Fsp3) is 0.231. The fourth-order valence-electron chi connectivity index (χ4n) is 1.77. The van der Waals surface area contributed by atoms with Gasteiger partial charge in [0.25, 0.3) is 5.88 Å². The van der Waals surface area contributed by atoms with Crippen LogP contribution in [0.1, 0.15) is 18.9 Å². The van der Waals surface area contributed by atoms with Gasteiger partial charge in [-0.1, -0.05) is 0 Å². The molecule has 0 saturated heterocycles. The van der Waals surface area contributed by atoms with E-state index in [4.69, 9.17) is 4.74 Å². The number of benzene rings is 1. The third-order valence-corrected chi connectivity index (χ3v) is 3.53. The van der Waals surface area contributed by atoms with E-state index in [0.29, 0.717) is 4.47 Å². The molecule has 1 aliphatic rings. The molecule has 1 aliphatic carbocycles. The second-order valence-electron chi connectivity index (χ2n) is 4.35. The lowest BCUT2D eigenvalue weighted by Gasteiger charge is -2.07. The van der Waals surface area contributed by atoms with E-state index in [1.165, 1.54) is 18.3 Å². The Morgan fingerprint density at radius 1 is 1.42 bits per heavy atom. The molecule has 4 nitrogen and oxygen atoms in total. The van der Waals surface area contributed by atoms with Crippen LogP contribution in [0.25, 0.3) is 0 Å². The van der Waals surface area contributed by atoms with Crippen molar-refractivity contribution in [1.82, 2.24) is 9.55 Å². The number of halogens is 2. The maximum Gasteiger partial charge on any atom is 0.313 e. The Hall–Kier alpha value is -1.69. The molecule has 0 spiro atoms. The molecule has 98 valence electrons. The van der Waals surface area contributed by atoms with Crippen LogP contribution in [-0.4, -0.2) is 9.55 Å². The van der Waals surface area contributed by atoms with Crippen LogP contribution in [0.15, 0.2) is 39.9 Å². The highest BCUT2D eigenvalue weighted by molar-refractivity contribution is 9.10. The van der Waals surface area contributed by atoms with Gasteiger partial charge in [-0.25, -0.2) is 9.37 Å². The van der Waals surface area contributed by atoms with E-state index < -0.39 is 5.82 Å². The average molecular weight is 325 g/mol. The summed E-state index contributed by atoms with van der Waals surface area (Å²) in [5.74, 6) is -0.231. The molecule has 1 saturated carbocycles. The normalized spacial score (nSPS) is 14.4. The van der Waals surface area contributed by atoms with E-state index in [1.54, 1.807) is 16.8 Å². The van der Waals surface area contributed by atoms with Crippen LogP contribution < -0.4 is 10.3 Å². The van der Waals surface area contributed by atoms with Crippen LogP contribution in [0.5, 0.6) is 11.6 Å². The van der Waals surface area contributed by atoms with Crippen LogP contribution in [-0.2, 0) is 0 Å². The zero-order valence-corrected chi connectivity index (χ0v) is 11.4. The Labute approximate surface area is 117 Å². The summed E-state index contributed by atoms with van der Waals surface area (Å²) in [4.78, 5) is 16.0. The molecule has 2 aromatic rings. The van der Waals surface area contributed by atoms with E-state index in [2.05, 4.69) is 20.9 Å². The molecule has 1 aromatic heterocycles. The Balaban J connectivity index is 1.92. The lowest BCUT2D eigenvalue weighted by atomic mass is 10.3. The first-order valence-corrected chi connectivity index (χ1v) is 6.64. The maximum atomic E-state index is 13.4. The minimum absolute atomic E-state index is 0.0314. The number of nitrogens with zero attached hydrogens (tertiary/aromatic N) is 2. The zero-order valence-electron chi connectivity index (χ0n) is 9.85. The predicted octanol–water partition coefficient (Wildman–Crippen LogP) is 3.27. The Morgan fingerprint density at radius 3 is 2.89 bits per heavy atom. The highest BCUT2D eigenvalue weighted by Crippen LogP contribution is 2.33. The largest absolute Gasteiger partial charge is 0.435 e. The van der Waals surface area contributed by atoms with Crippen LogP contribution in [0.4, 0.5) is 4.39 Å². The molecule has 0 radical (unpaired) electrons. The lowest BCUT2D eigenvalue weighted by Crippen LogP contribution is -2.20. The van der Waals surface area contributed by atoms with E-state index in [9.17, 15) is 9.18 Å². The summed E-state index contributed by atoms with van der Waals surface area (Å²) < 4.78 is 20.7. The molecule has 0 atom stereocenters. The first-order chi connectivity index (χ1) is 9.15. The van der Waals surface area contributed by atoms with Gasteiger partial charge in [0.2, 0.25) is 0 Å². The molecular weight excluding hydrogens is 315 g/mol. The average Bonchev–Trinajstić information content (AvgIpc) is 3.21. The van der Waals surface area contributed by atoms with Crippen LogP contribution in [0.3, 0.4) is 0 Å². The van der Waals surface area contributed by atoms with Gasteiger partial charge in [0.1, 0.15) is 11.6 Å². The molecule has 0 N–H and O–H groups in total. The third kappa shape index (κ3) is 2.53. The van der Waals surface area contributed by atoms with E-state index in [-0.39, 0.29) is 23.2 Å². The number of hydrogen-bond acceptors (Lipinski definition) is 3. The molecule has 1 fully saturated rings. The Bertz CT molecular complexity index is 683. The van der Waals surface area contributed by atoms with Crippen molar-refractivity contribution in [1.29, 1.82) is 0 Å². The van der Waals surface area contributed by atoms with Gasteiger partial charge in [-0.05, 0) is 40.9 Å². The van der Waals surface area contributed by atoms with E-state index >= 15 is 0 Å². The molecular formula is C13H10BrFN2O2. The topological polar surface area (TPSA) is 44.1 Å². The SMILES string of the molecule is O=c1c(Oc2ccc(Br)c(F)c2)nccn1C1CC1. The number of ether oxygens (including phenoxy) is 1. The van der Waals surface area contributed by atoms with Crippen molar-refractivity contribution in [2.45, 2.75) is 18.9 Å². The third-order valence-electron chi connectivity index (χ3n) is 2.88. The summed E-state index contributed by atoms with van der Waals surface area (Å²) in [7, 11) is 0. The van der Waals surface area contributed by atoms with Crippen LogP contribution in [0, 0.1) is 5.82 Å². The highest BCUT2D eigenvalue weighted by atomic mass is 79.9. The molecule has 1 heterocycles. The molecule has 0 aliphatic heterocycles. The monoisotopic (exact) mass is 324 g/mol. The fourth-order valence-corrected chi connectivity index (χ4v) is 2.02. The minimum Gasteiger partial charge on any atom is -0.435 e. The number of aromatic nitrogens is 2. The predicted molar refractivity (Wildman–Crippen MR) is 70.9 cm³/mol. The first-order valence-electron chi connectivity index (χ1n) is 5.85. The quantitative estimate of drug-likeness (QED) is 0.870. The van der Waals surface area contributed by atoms with Gasteiger partial charge in [-0.15, -0.1) is 0 Å². The lowest BCUT2D eigenvalue weighted by molar-refractivity contribution is 0.440. The van der Waals surface area contributed by atoms with Gasteiger partial charge in [-0.2, -0.15) is 0 Å². The van der Waals surface area contributed by atoms with Crippen LogP contribution in [0.2, 0.25) is 0 Å². The van der Waals surface area contributed by atoms with Crippen LogP contribution >= 0.6 is 15.9 Å². The summed E-state index contributed by atoms with van der Waals surface area (Å²) >= 11 is 3.06. The van der Waals surface area contributed by atoms with Gasteiger partial charge in [-0.3, -0.25) is 4.79 Å². The smallest absolute Gasteiger partial charge is 0.313 e. The van der Waals surface area contributed by atoms with Crippen molar-refractivity contribution >= 4 is 15.9 Å². The Kier molecular flexibility index (Phi) is 3.10. The molecule has 19 heavy (non-hydrogen) atoms. The summed E-state index contributed by atoms with van der Waals surface area (Å²) in [6.07, 6.45) is 5.16. The first kappa shape index (κ1) is 12.3. The second-order valence-corrected chi connectivity index (χ2v) is 5.21. The van der Waals surface area contributed by atoms with Crippen molar-refractivity contribution in [2.24, 2.45) is 0 Å². The van der Waals surface area contributed by atoms with Gasteiger partial charge >= 0.3 is 5.56 Å². The number of rotatable bonds is 3. The second kappa shape index (κ2) is 4.77. The summed E-state index contributed by atoms with van der Waals surface area (Å²) in [5.41, 5.74) is -0.284. The Morgan fingerprint density at radius 2 is 2.21 bits per heavy atom. The van der Waals surface area contributed by atoms with Crippen molar-refractivity contribution in [2.75, 3.05) is 0 Å². The van der Waals surface area contributed by atoms with E-state index in [0.717, 1.165) is 12.8 Å². The molecule has 0 bridgehead atoms.